The molecule has 0 aliphatic carbocycles. The van der Waals surface area contributed by atoms with Crippen LogP contribution in [0.25, 0.3) is 33.6 Å². The Balaban J connectivity index is 0.000000239. The molecular weight excluding hydrogens is 766 g/mol. The summed E-state index contributed by atoms with van der Waals surface area (Å²) < 4.78 is 1.95. The van der Waals surface area contributed by atoms with E-state index in [1.807, 2.05) is 79.7 Å². The zero-order valence-corrected chi connectivity index (χ0v) is 30.0. The Morgan fingerprint density at radius 2 is 1.00 bits per heavy atom. The number of nitrogens with zero attached hydrogens (tertiary/aromatic N) is 3. The summed E-state index contributed by atoms with van der Waals surface area (Å²) >= 11 is 6.69. The fraction of sp³-hybridized carbons (Fsp3) is 0.0513. The summed E-state index contributed by atoms with van der Waals surface area (Å²) in [6.07, 6.45) is 0.826. The molecule has 0 unspecified atom stereocenters. The van der Waals surface area contributed by atoms with Gasteiger partial charge >= 0.3 is 0 Å². The van der Waals surface area contributed by atoms with Crippen LogP contribution < -0.4 is 0 Å². The highest BCUT2D eigenvalue weighted by Crippen LogP contribution is 2.32. The number of nitro groups is 2. The smallest absolute Gasteiger partial charge is 0.269 e. The molecule has 1 aromatic heterocycles. The highest BCUT2D eigenvalue weighted by Gasteiger charge is 2.12. The number of aldehydes is 1. The van der Waals surface area contributed by atoms with Crippen molar-refractivity contribution in [3.8, 4) is 33.6 Å². The Morgan fingerprint density at radius 3 is 1.38 bits per heavy atom. The number of benzene rings is 5. The summed E-state index contributed by atoms with van der Waals surface area (Å²) in [6, 6.07) is 38.8. The van der Waals surface area contributed by atoms with E-state index in [1.165, 1.54) is 29.8 Å². The van der Waals surface area contributed by atoms with Crippen LogP contribution in [-0.4, -0.2) is 26.9 Å². The Labute approximate surface area is 305 Å². The number of carbonyl (C=O) groups is 2. The van der Waals surface area contributed by atoms with E-state index in [0.717, 1.165) is 43.0 Å². The molecule has 0 amide bonds. The predicted molar refractivity (Wildman–Crippen MR) is 202 cm³/mol. The van der Waals surface area contributed by atoms with Gasteiger partial charge in [-0.1, -0.05) is 86.0 Å². The lowest BCUT2D eigenvalue weighted by atomic mass is 10.00. The van der Waals surface area contributed by atoms with Gasteiger partial charge in [-0.2, -0.15) is 0 Å². The molecule has 6 aromatic rings. The molecule has 6 rings (SSSR count). The largest absolute Gasteiger partial charge is 0.298 e. The number of carbonyl (C=O) groups excluding carboxylic acids is 2. The number of non-ortho nitro benzene ring substituents is 2. The Hall–Kier alpha value is -5.65. The number of aryl methyl sites for hydroxylation is 1. The van der Waals surface area contributed by atoms with Crippen molar-refractivity contribution in [1.29, 1.82) is 0 Å². The molecule has 0 spiro atoms. The van der Waals surface area contributed by atoms with Crippen molar-refractivity contribution in [2.45, 2.75) is 13.8 Å². The van der Waals surface area contributed by atoms with Gasteiger partial charge in [0.25, 0.3) is 11.4 Å². The van der Waals surface area contributed by atoms with E-state index in [0.29, 0.717) is 17.0 Å². The van der Waals surface area contributed by atoms with Gasteiger partial charge in [0, 0.05) is 55.5 Å². The SMILES string of the molecule is CC(=O)c1ccc(C)cc1.O=Cc1ccc(Br)cc1.O=[N+]([O-])c1ccc(-c2cc(-c3ccc(Br)cc3)cc(-c3ccc([N+](=O)[O-])cc3)n2)cc1. The van der Waals surface area contributed by atoms with Gasteiger partial charge in [-0.3, -0.25) is 29.8 Å². The minimum Gasteiger partial charge on any atom is -0.298 e. The van der Waals surface area contributed by atoms with Crippen LogP contribution >= 0.6 is 31.9 Å². The highest BCUT2D eigenvalue weighted by molar-refractivity contribution is 9.10. The van der Waals surface area contributed by atoms with E-state index in [4.69, 9.17) is 4.98 Å². The molecule has 9 nitrogen and oxygen atoms in total. The molecule has 0 bridgehead atoms. The van der Waals surface area contributed by atoms with Crippen LogP contribution in [-0.2, 0) is 0 Å². The molecule has 0 N–H and O–H groups in total. The minimum atomic E-state index is -0.447. The third-order valence-electron chi connectivity index (χ3n) is 7.21. The van der Waals surface area contributed by atoms with Gasteiger partial charge in [-0.05, 0) is 85.6 Å². The molecule has 50 heavy (non-hydrogen) atoms. The molecule has 250 valence electrons. The summed E-state index contributed by atoms with van der Waals surface area (Å²) in [7, 11) is 0. The van der Waals surface area contributed by atoms with Crippen molar-refractivity contribution in [3.05, 3.63) is 179 Å². The van der Waals surface area contributed by atoms with E-state index in [1.54, 1.807) is 43.3 Å². The second-order valence-electron chi connectivity index (χ2n) is 10.8. The van der Waals surface area contributed by atoms with Crippen molar-refractivity contribution in [1.82, 2.24) is 4.98 Å². The maximum absolute atomic E-state index is 11.0. The standard InChI is InChI=1S/C23H14BrN3O4.C9H10O.C7H5BrO/c24-19-7-1-15(2-8-19)18-13-22(16-3-9-20(10-4-16)26(28)29)25-23(14-18)17-5-11-21(12-6-17)27(30)31;1-7-3-5-9(6-4-7)8(2)10;8-7-3-1-6(5-9)2-4-7/h1-14H;3-6H,1-2H3;1-5H. The predicted octanol–water partition coefficient (Wildman–Crippen LogP) is 11.1. The zero-order valence-electron chi connectivity index (χ0n) is 26.8. The quantitative estimate of drug-likeness (QED) is 0.0679. The van der Waals surface area contributed by atoms with Gasteiger partial charge in [-0.25, -0.2) is 4.98 Å². The summed E-state index contributed by atoms with van der Waals surface area (Å²) in [6.45, 7) is 3.58. The van der Waals surface area contributed by atoms with Crippen LogP contribution in [0.3, 0.4) is 0 Å². The molecule has 0 saturated heterocycles. The second kappa shape index (κ2) is 17.7. The first kappa shape index (κ1) is 37.2. The monoisotopic (exact) mass is 793 g/mol. The average Bonchev–Trinajstić information content (AvgIpc) is 3.13. The number of nitro benzene ring substituents is 2. The Kier molecular flexibility index (Phi) is 13.1. The van der Waals surface area contributed by atoms with E-state index >= 15 is 0 Å². The summed E-state index contributed by atoms with van der Waals surface area (Å²) in [4.78, 5) is 46.6. The molecule has 0 atom stereocenters. The van der Waals surface area contributed by atoms with Gasteiger partial charge in [0.15, 0.2) is 5.78 Å². The van der Waals surface area contributed by atoms with Gasteiger partial charge in [0.1, 0.15) is 6.29 Å². The normalized spacial score (nSPS) is 10.1. The van der Waals surface area contributed by atoms with Gasteiger partial charge < -0.3 is 0 Å². The maximum atomic E-state index is 11.0. The van der Waals surface area contributed by atoms with Crippen LogP contribution in [0, 0.1) is 27.2 Å². The number of rotatable bonds is 7. The number of Topliss-reactive ketones (excluding diaryl/α,β-unsaturated/α-hetero) is 1. The first-order valence-electron chi connectivity index (χ1n) is 15.0. The van der Waals surface area contributed by atoms with E-state index < -0.39 is 9.85 Å². The lowest BCUT2D eigenvalue weighted by molar-refractivity contribution is -0.385. The van der Waals surface area contributed by atoms with Crippen molar-refractivity contribution in [2.75, 3.05) is 0 Å². The van der Waals surface area contributed by atoms with Gasteiger partial charge in [0.05, 0.1) is 21.2 Å². The topological polar surface area (TPSA) is 133 Å². The van der Waals surface area contributed by atoms with Crippen molar-refractivity contribution in [2.24, 2.45) is 0 Å². The number of halogens is 2. The molecule has 0 saturated carbocycles. The number of pyridine rings is 1. The van der Waals surface area contributed by atoms with Gasteiger partial charge in [0.2, 0.25) is 0 Å². The van der Waals surface area contributed by atoms with Crippen molar-refractivity contribution < 1.29 is 19.4 Å². The molecule has 11 heteroatoms. The minimum absolute atomic E-state index is 0.00315. The van der Waals surface area contributed by atoms with Crippen LogP contribution in [0.2, 0.25) is 0 Å². The molecule has 0 fully saturated rings. The van der Waals surface area contributed by atoms with Crippen LogP contribution in [0.4, 0.5) is 11.4 Å². The fourth-order valence-electron chi connectivity index (χ4n) is 4.47. The third kappa shape index (κ3) is 10.7. The fourth-order valence-corrected chi connectivity index (χ4v) is 5.00. The molecule has 1 heterocycles. The van der Waals surface area contributed by atoms with E-state index in [2.05, 4.69) is 31.9 Å². The van der Waals surface area contributed by atoms with Gasteiger partial charge in [-0.15, -0.1) is 0 Å². The van der Waals surface area contributed by atoms with Crippen molar-refractivity contribution >= 4 is 55.3 Å². The zero-order chi connectivity index (χ0) is 36.2. The molecule has 0 aliphatic heterocycles. The number of aromatic nitrogens is 1. The molecular formula is C39H29Br2N3O6. The second-order valence-corrected chi connectivity index (χ2v) is 12.7. The van der Waals surface area contributed by atoms with Crippen LogP contribution in [0.5, 0.6) is 0 Å². The lowest BCUT2D eigenvalue weighted by Gasteiger charge is -2.10. The molecule has 0 aliphatic rings. The lowest BCUT2D eigenvalue weighted by Crippen LogP contribution is -1.93. The number of ketones is 1. The average molecular weight is 795 g/mol. The summed E-state index contributed by atoms with van der Waals surface area (Å²) in [5.74, 6) is 0.125. The Morgan fingerprint density at radius 1 is 0.600 bits per heavy atom. The number of hydrogen-bond donors (Lipinski definition) is 0. The van der Waals surface area contributed by atoms with Crippen LogP contribution in [0.1, 0.15) is 33.2 Å². The van der Waals surface area contributed by atoms with E-state index in [-0.39, 0.29) is 17.2 Å². The Bertz CT molecular complexity index is 2030. The summed E-state index contributed by atoms with van der Waals surface area (Å²) in [5, 5.41) is 21.9. The number of hydrogen-bond acceptors (Lipinski definition) is 7. The maximum Gasteiger partial charge on any atom is 0.269 e. The first-order chi connectivity index (χ1) is 23.9. The van der Waals surface area contributed by atoms with Crippen LogP contribution in [0.15, 0.2) is 142 Å². The highest BCUT2D eigenvalue weighted by atomic mass is 79.9. The first-order valence-corrected chi connectivity index (χ1v) is 16.6. The van der Waals surface area contributed by atoms with E-state index in [9.17, 15) is 29.8 Å². The summed E-state index contributed by atoms with van der Waals surface area (Å²) in [5.41, 5.74) is 7.30. The van der Waals surface area contributed by atoms with Crippen molar-refractivity contribution in [3.63, 3.8) is 0 Å². The molecule has 0 radical (unpaired) electrons. The third-order valence-corrected chi connectivity index (χ3v) is 8.27. The molecule has 5 aromatic carbocycles.